The van der Waals surface area contributed by atoms with E-state index in [1.807, 2.05) is 6.07 Å². The number of aromatic nitrogens is 1. The van der Waals surface area contributed by atoms with Crippen LogP contribution in [0.15, 0.2) is 72.9 Å². The van der Waals surface area contributed by atoms with Gasteiger partial charge in [-0.25, -0.2) is 8.78 Å². The number of halogens is 2. The van der Waals surface area contributed by atoms with E-state index in [0.29, 0.717) is 11.3 Å². The van der Waals surface area contributed by atoms with Crippen LogP contribution in [0.3, 0.4) is 0 Å². The molecule has 0 saturated carbocycles. The predicted molar refractivity (Wildman–Crippen MR) is 87.5 cm³/mol. The van der Waals surface area contributed by atoms with Crippen LogP contribution in [0, 0.1) is 11.6 Å². The molecule has 0 fully saturated rings. The van der Waals surface area contributed by atoms with Gasteiger partial charge in [-0.2, -0.15) is 0 Å². The first-order valence-electron chi connectivity index (χ1n) is 7.37. The summed E-state index contributed by atoms with van der Waals surface area (Å²) in [5.74, 6) is -2.97. The summed E-state index contributed by atoms with van der Waals surface area (Å²) in [6, 6.07) is 17.6. The number of para-hydroxylation sites is 1. The van der Waals surface area contributed by atoms with Crippen LogP contribution in [0.1, 0.15) is 17.2 Å². The van der Waals surface area contributed by atoms with E-state index in [-0.39, 0.29) is 0 Å². The summed E-state index contributed by atoms with van der Waals surface area (Å²) in [6.07, 6.45) is 1.57. The molecule has 1 N–H and O–H groups in total. The Hall–Kier alpha value is -3.08. The first-order valence-corrected chi connectivity index (χ1v) is 7.37. The number of benzene rings is 2. The molecule has 0 aliphatic carbocycles. The van der Waals surface area contributed by atoms with E-state index in [0.717, 1.165) is 12.1 Å². The number of nitrogens with one attached hydrogen (secondary N) is 1. The van der Waals surface area contributed by atoms with Crippen LogP contribution in [0.25, 0.3) is 0 Å². The Morgan fingerprint density at radius 2 is 1.54 bits per heavy atom. The number of rotatable bonds is 4. The van der Waals surface area contributed by atoms with Gasteiger partial charge in [-0.3, -0.25) is 9.78 Å². The van der Waals surface area contributed by atoms with Crippen molar-refractivity contribution >= 4 is 11.6 Å². The SMILES string of the molecule is O=C(Nc1c(F)cccc1F)C(c1ccccc1)c1ccccn1. The van der Waals surface area contributed by atoms with Crippen molar-refractivity contribution in [2.24, 2.45) is 0 Å². The third kappa shape index (κ3) is 3.30. The number of hydrogen-bond acceptors (Lipinski definition) is 2. The summed E-state index contributed by atoms with van der Waals surface area (Å²) >= 11 is 0. The van der Waals surface area contributed by atoms with Crippen LogP contribution >= 0.6 is 0 Å². The lowest BCUT2D eigenvalue weighted by molar-refractivity contribution is -0.116. The molecule has 0 aliphatic rings. The lowest BCUT2D eigenvalue weighted by Gasteiger charge is -2.17. The van der Waals surface area contributed by atoms with E-state index >= 15 is 0 Å². The van der Waals surface area contributed by atoms with E-state index in [1.54, 1.807) is 48.7 Å². The van der Waals surface area contributed by atoms with E-state index < -0.39 is 29.1 Å². The van der Waals surface area contributed by atoms with Crippen LogP contribution in [0.2, 0.25) is 0 Å². The number of carbonyl (C=O) groups is 1. The Morgan fingerprint density at radius 1 is 0.875 bits per heavy atom. The number of anilines is 1. The molecule has 3 nitrogen and oxygen atoms in total. The molecular weight excluding hydrogens is 310 g/mol. The highest BCUT2D eigenvalue weighted by atomic mass is 19.1. The summed E-state index contributed by atoms with van der Waals surface area (Å²) in [5, 5.41) is 2.35. The van der Waals surface area contributed by atoms with E-state index in [1.165, 1.54) is 6.07 Å². The lowest BCUT2D eigenvalue weighted by atomic mass is 9.94. The molecule has 1 amide bonds. The Kier molecular flexibility index (Phi) is 4.61. The minimum absolute atomic E-state index is 0.459. The van der Waals surface area contributed by atoms with Crippen molar-refractivity contribution in [1.29, 1.82) is 0 Å². The quantitative estimate of drug-likeness (QED) is 0.784. The molecular formula is C19H14F2N2O. The highest BCUT2D eigenvalue weighted by Gasteiger charge is 2.25. The van der Waals surface area contributed by atoms with Gasteiger partial charge >= 0.3 is 0 Å². The number of amides is 1. The van der Waals surface area contributed by atoms with Crippen LogP contribution < -0.4 is 5.32 Å². The van der Waals surface area contributed by atoms with Gasteiger partial charge in [-0.1, -0.05) is 42.5 Å². The molecule has 0 radical (unpaired) electrons. The van der Waals surface area contributed by atoms with Gasteiger partial charge in [-0.15, -0.1) is 0 Å². The van der Waals surface area contributed by atoms with Crippen LogP contribution in [0.4, 0.5) is 14.5 Å². The van der Waals surface area contributed by atoms with Gasteiger partial charge in [-0.05, 0) is 29.8 Å². The van der Waals surface area contributed by atoms with Crippen LogP contribution in [0.5, 0.6) is 0 Å². The number of hydrogen-bond donors (Lipinski definition) is 1. The largest absolute Gasteiger partial charge is 0.320 e. The Morgan fingerprint density at radius 3 is 2.17 bits per heavy atom. The molecule has 0 bridgehead atoms. The summed E-state index contributed by atoms with van der Waals surface area (Å²) in [4.78, 5) is 16.9. The first-order chi connectivity index (χ1) is 11.7. The Labute approximate surface area is 138 Å². The average molecular weight is 324 g/mol. The average Bonchev–Trinajstić information content (AvgIpc) is 2.60. The fraction of sp³-hybridized carbons (Fsp3) is 0.0526. The standard InChI is InChI=1S/C19H14F2N2O/c20-14-9-6-10-15(21)18(14)23-19(24)17(13-7-2-1-3-8-13)16-11-4-5-12-22-16/h1-12,17H,(H,23,24). The van der Waals surface area contributed by atoms with Gasteiger partial charge in [0.05, 0.1) is 5.69 Å². The molecule has 3 aromatic rings. The zero-order valence-electron chi connectivity index (χ0n) is 12.6. The summed E-state index contributed by atoms with van der Waals surface area (Å²) in [7, 11) is 0. The maximum atomic E-state index is 13.8. The first kappa shape index (κ1) is 15.8. The Bertz CT molecular complexity index is 779. The minimum atomic E-state index is -0.823. The molecule has 1 atom stereocenters. The van der Waals surface area contributed by atoms with Gasteiger partial charge in [0.2, 0.25) is 5.91 Å². The second kappa shape index (κ2) is 7.00. The summed E-state index contributed by atoms with van der Waals surface area (Å²) in [5.41, 5.74) is 0.725. The molecule has 0 spiro atoms. The van der Waals surface area contributed by atoms with E-state index in [9.17, 15) is 13.6 Å². The third-order valence-electron chi connectivity index (χ3n) is 3.59. The lowest BCUT2D eigenvalue weighted by Crippen LogP contribution is -2.24. The highest BCUT2D eigenvalue weighted by Crippen LogP contribution is 2.26. The van der Waals surface area contributed by atoms with Gasteiger partial charge in [0.15, 0.2) is 0 Å². The van der Waals surface area contributed by atoms with Gasteiger partial charge in [0.1, 0.15) is 23.2 Å². The van der Waals surface area contributed by atoms with Crippen molar-refractivity contribution in [3.05, 3.63) is 95.8 Å². The van der Waals surface area contributed by atoms with E-state index in [2.05, 4.69) is 10.3 Å². The molecule has 1 heterocycles. The van der Waals surface area contributed by atoms with Crippen molar-refractivity contribution in [2.75, 3.05) is 5.32 Å². The molecule has 24 heavy (non-hydrogen) atoms. The van der Waals surface area contributed by atoms with Crippen molar-refractivity contribution < 1.29 is 13.6 Å². The smallest absolute Gasteiger partial charge is 0.238 e. The molecule has 1 unspecified atom stereocenters. The third-order valence-corrected chi connectivity index (χ3v) is 3.59. The number of nitrogens with zero attached hydrogens (tertiary/aromatic N) is 1. The summed E-state index contributed by atoms with van der Waals surface area (Å²) in [6.45, 7) is 0. The number of pyridine rings is 1. The van der Waals surface area contributed by atoms with Crippen molar-refractivity contribution in [3.63, 3.8) is 0 Å². The van der Waals surface area contributed by atoms with Gasteiger partial charge in [0.25, 0.3) is 0 Å². The topological polar surface area (TPSA) is 42.0 Å². The predicted octanol–water partition coefficient (Wildman–Crippen LogP) is 4.13. The second-order valence-electron chi connectivity index (χ2n) is 5.18. The molecule has 0 saturated heterocycles. The highest BCUT2D eigenvalue weighted by molar-refractivity contribution is 5.98. The monoisotopic (exact) mass is 324 g/mol. The van der Waals surface area contributed by atoms with Gasteiger partial charge in [0, 0.05) is 6.20 Å². The molecule has 5 heteroatoms. The Balaban J connectivity index is 1.99. The van der Waals surface area contributed by atoms with Crippen molar-refractivity contribution in [3.8, 4) is 0 Å². The molecule has 2 aromatic carbocycles. The maximum absolute atomic E-state index is 13.8. The molecule has 3 rings (SSSR count). The molecule has 0 aliphatic heterocycles. The molecule has 120 valence electrons. The maximum Gasteiger partial charge on any atom is 0.238 e. The number of carbonyl (C=O) groups excluding carboxylic acids is 1. The van der Waals surface area contributed by atoms with Crippen molar-refractivity contribution in [1.82, 2.24) is 4.98 Å². The van der Waals surface area contributed by atoms with Crippen LogP contribution in [-0.2, 0) is 4.79 Å². The normalized spacial score (nSPS) is 11.8. The fourth-order valence-electron chi connectivity index (χ4n) is 2.46. The summed E-state index contributed by atoms with van der Waals surface area (Å²) < 4.78 is 27.6. The zero-order valence-corrected chi connectivity index (χ0v) is 12.6. The zero-order chi connectivity index (χ0) is 16.9. The van der Waals surface area contributed by atoms with Gasteiger partial charge < -0.3 is 5.32 Å². The van der Waals surface area contributed by atoms with Crippen LogP contribution in [-0.4, -0.2) is 10.9 Å². The van der Waals surface area contributed by atoms with Crippen molar-refractivity contribution in [2.45, 2.75) is 5.92 Å². The fourth-order valence-corrected chi connectivity index (χ4v) is 2.46. The second-order valence-corrected chi connectivity index (χ2v) is 5.18. The minimum Gasteiger partial charge on any atom is -0.320 e. The van der Waals surface area contributed by atoms with E-state index in [4.69, 9.17) is 0 Å². The molecule has 1 aromatic heterocycles.